The fourth-order valence-corrected chi connectivity index (χ4v) is 2.30. The zero-order valence-corrected chi connectivity index (χ0v) is 8.29. The van der Waals surface area contributed by atoms with Gasteiger partial charge in [0.05, 0.1) is 0 Å². The molecule has 14 heavy (non-hydrogen) atoms. The van der Waals surface area contributed by atoms with Gasteiger partial charge in [0.1, 0.15) is 0 Å². The molecule has 0 aromatic heterocycles. The van der Waals surface area contributed by atoms with Crippen LogP contribution in [0.2, 0.25) is 0 Å². The van der Waals surface area contributed by atoms with Gasteiger partial charge in [-0.25, -0.2) is 0 Å². The molecule has 0 heterocycles. The molecule has 1 atom stereocenters. The smallest absolute Gasteiger partial charge is 0.0393 e. The summed E-state index contributed by atoms with van der Waals surface area (Å²) in [6, 6.07) is 7.49. The second-order valence-electron chi connectivity index (χ2n) is 4.44. The van der Waals surface area contributed by atoms with Crippen LogP contribution in [-0.2, 0) is 6.42 Å². The van der Waals surface area contributed by atoms with E-state index in [9.17, 15) is 0 Å². The maximum atomic E-state index is 6.10. The Balaban J connectivity index is 1.97. The molecule has 0 saturated heterocycles. The van der Waals surface area contributed by atoms with Crippen molar-refractivity contribution < 1.29 is 0 Å². The van der Waals surface area contributed by atoms with Gasteiger partial charge in [0.15, 0.2) is 0 Å². The van der Waals surface area contributed by atoms with Gasteiger partial charge < -0.3 is 11.1 Å². The summed E-state index contributed by atoms with van der Waals surface area (Å²) in [6.45, 7) is 0. The molecular formula is C12H16N2. The van der Waals surface area contributed by atoms with Crippen LogP contribution < -0.4 is 11.1 Å². The maximum Gasteiger partial charge on any atom is 0.0393 e. The van der Waals surface area contributed by atoms with Gasteiger partial charge in [-0.1, -0.05) is 12.1 Å². The zero-order chi connectivity index (χ0) is 9.54. The summed E-state index contributed by atoms with van der Waals surface area (Å²) in [5.74, 6) is 0. The van der Waals surface area contributed by atoms with Crippen LogP contribution in [0.4, 0.5) is 5.69 Å². The third-order valence-corrected chi connectivity index (χ3v) is 3.23. The topological polar surface area (TPSA) is 38.0 Å². The van der Waals surface area contributed by atoms with Crippen molar-refractivity contribution in [3.8, 4) is 0 Å². The molecule has 0 aliphatic heterocycles. The van der Waals surface area contributed by atoms with E-state index in [2.05, 4.69) is 23.5 Å². The summed E-state index contributed by atoms with van der Waals surface area (Å²) < 4.78 is 0. The van der Waals surface area contributed by atoms with E-state index in [4.69, 9.17) is 5.73 Å². The number of anilines is 1. The first-order chi connectivity index (χ1) is 6.84. The monoisotopic (exact) mass is 188 g/mol. The molecule has 0 bridgehead atoms. The molecule has 3 N–H and O–H groups in total. The number of hydrogen-bond acceptors (Lipinski definition) is 2. The molecule has 1 unspecified atom stereocenters. The lowest BCUT2D eigenvalue weighted by molar-refractivity contribution is 0.714. The van der Waals surface area contributed by atoms with Crippen LogP contribution in [0.3, 0.4) is 0 Å². The van der Waals surface area contributed by atoms with E-state index in [0.29, 0.717) is 6.04 Å². The Kier molecular flexibility index (Phi) is 1.77. The highest BCUT2D eigenvalue weighted by atomic mass is 15.0. The van der Waals surface area contributed by atoms with E-state index >= 15 is 0 Å². The molecule has 74 valence electrons. The largest absolute Gasteiger partial charge is 0.382 e. The van der Waals surface area contributed by atoms with E-state index in [1.807, 2.05) is 0 Å². The summed E-state index contributed by atoms with van der Waals surface area (Å²) in [5.41, 5.74) is 10.2. The number of aryl methyl sites for hydroxylation is 1. The van der Waals surface area contributed by atoms with Crippen LogP contribution >= 0.6 is 0 Å². The van der Waals surface area contributed by atoms with Crippen LogP contribution in [0.25, 0.3) is 0 Å². The van der Waals surface area contributed by atoms with Crippen LogP contribution in [-0.4, -0.2) is 6.04 Å². The highest BCUT2D eigenvalue weighted by molar-refractivity contribution is 5.59. The number of rotatable bonds is 2. The Bertz CT molecular complexity index is 355. The molecule has 0 amide bonds. The van der Waals surface area contributed by atoms with Gasteiger partial charge in [0.2, 0.25) is 0 Å². The Hall–Kier alpha value is -1.02. The SMILES string of the molecule is NC1CCc2cccc(NC3CC3)c21. The molecule has 0 radical (unpaired) electrons. The van der Waals surface area contributed by atoms with Crippen LogP contribution in [0.1, 0.15) is 36.4 Å². The first-order valence-corrected chi connectivity index (χ1v) is 5.48. The number of benzene rings is 1. The molecular weight excluding hydrogens is 172 g/mol. The van der Waals surface area contributed by atoms with Crippen LogP contribution in [0, 0.1) is 0 Å². The minimum absolute atomic E-state index is 0.257. The van der Waals surface area contributed by atoms with Crippen molar-refractivity contribution in [3.05, 3.63) is 29.3 Å². The summed E-state index contributed by atoms with van der Waals surface area (Å²) >= 11 is 0. The van der Waals surface area contributed by atoms with Crippen molar-refractivity contribution in [2.24, 2.45) is 5.73 Å². The molecule has 2 aliphatic carbocycles. The van der Waals surface area contributed by atoms with E-state index in [1.165, 1.54) is 29.7 Å². The van der Waals surface area contributed by atoms with Crippen molar-refractivity contribution in [1.29, 1.82) is 0 Å². The molecule has 2 aliphatic rings. The number of fused-ring (bicyclic) bond motifs is 1. The molecule has 1 aromatic carbocycles. The summed E-state index contributed by atoms with van der Waals surface area (Å²) in [7, 11) is 0. The average molecular weight is 188 g/mol. The van der Waals surface area contributed by atoms with E-state index in [-0.39, 0.29) is 6.04 Å². The van der Waals surface area contributed by atoms with Gasteiger partial charge in [-0.3, -0.25) is 0 Å². The molecule has 3 rings (SSSR count). The Morgan fingerprint density at radius 2 is 2.07 bits per heavy atom. The van der Waals surface area contributed by atoms with E-state index in [1.54, 1.807) is 0 Å². The second kappa shape index (κ2) is 2.99. The lowest BCUT2D eigenvalue weighted by atomic mass is 10.1. The van der Waals surface area contributed by atoms with Crippen LogP contribution in [0.15, 0.2) is 18.2 Å². The maximum absolute atomic E-state index is 6.10. The first-order valence-electron chi connectivity index (χ1n) is 5.48. The molecule has 1 saturated carbocycles. The summed E-state index contributed by atoms with van der Waals surface area (Å²) in [4.78, 5) is 0. The molecule has 1 fully saturated rings. The molecule has 2 heteroatoms. The predicted molar refractivity (Wildman–Crippen MR) is 58.3 cm³/mol. The van der Waals surface area contributed by atoms with Gasteiger partial charge in [-0.2, -0.15) is 0 Å². The van der Waals surface area contributed by atoms with E-state index in [0.717, 1.165) is 12.8 Å². The normalized spacial score (nSPS) is 24.8. The molecule has 2 nitrogen and oxygen atoms in total. The highest BCUT2D eigenvalue weighted by Crippen LogP contribution is 2.37. The van der Waals surface area contributed by atoms with Crippen molar-refractivity contribution in [1.82, 2.24) is 0 Å². The van der Waals surface area contributed by atoms with Crippen LogP contribution in [0.5, 0.6) is 0 Å². The van der Waals surface area contributed by atoms with Crippen molar-refractivity contribution in [3.63, 3.8) is 0 Å². The highest BCUT2D eigenvalue weighted by Gasteiger charge is 2.26. The fourth-order valence-electron chi connectivity index (χ4n) is 2.30. The first kappa shape index (κ1) is 8.30. The Labute approximate surface area is 84.5 Å². The second-order valence-corrected chi connectivity index (χ2v) is 4.44. The zero-order valence-electron chi connectivity index (χ0n) is 8.29. The van der Waals surface area contributed by atoms with Crippen molar-refractivity contribution >= 4 is 5.69 Å². The van der Waals surface area contributed by atoms with Gasteiger partial charge in [0.25, 0.3) is 0 Å². The Morgan fingerprint density at radius 1 is 1.21 bits per heavy atom. The summed E-state index contributed by atoms with van der Waals surface area (Å²) in [5, 5.41) is 3.57. The van der Waals surface area contributed by atoms with Crippen molar-refractivity contribution in [2.75, 3.05) is 5.32 Å². The number of nitrogens with one attached hydrogen (secondary N) is 1. The minimum atomic E-state index is 0.257. The van der Waals surface area contributed by atoms with Gasteiger partial charge >= 0.3 is 0 Å². The quantitative estimate of drug-likeness (QED) is 0.746. The lowest BCUT2D eigenvalue weighted by Gasteiger charge is -2.13. The predicted octanol–water partition coefficient (Wildman–Crippen LogP) is 2.21. The standard InChI is InChI=1S/C12H16N2/c13-10-7-4-8-2-1-3-11(12(8)10)14-9-5-6-9/h1-3,9-10,14H,4-7,13H2. The number of nitrogens with two attached hydrogens (primary N) is 1. The Morgan fingerprint density at radius 3 is 2.86 bits per heavy atom. The average Bonchev–Trinajstić information content (AvgIpc) is 2.91. The third kappa shape index (κ3) is 1.30. The number of hydrogen-bond donors (Lipinski definition) is 2. The molecule has 1 aromatic rings. The van der Waals surface area contributed by atoms with Gasteiger partial charge in [-0.15, -0.1) is 0 Å². The van der Waals surface area contributed by atoms with E-state index < -0.39 is 0 Å². The van der Waals surface area contributed by atoms with Crippen molar-refractivity contribution in [2.45, 2.75) is 37.8 Å². The van der Waals surface area contributed by atoms with Gasteiger partial charge in [-0.05, 0) is 42.9 Å². The minimum Gasteiger partial charge on any atom is -0.382 e. The van der Waals surface area contributed by atoms with Gasteiger partial charge in [0, 0.05) is 17.8 Å². The molecule has 0 spiro atoms. The summed E-state index contributed by atoms with van der Waals surface area (Å²) in [6.07, 6.45) is 4.90. The lowest BCUT2D eigenvalue weighted by Crippen LogP contribution is -2.10. The fraction of sp³-hybridized carbons (Fsp3) is 0.500. The third-order valence-electron chi connectivity index (χ3n) is 3.23.